The van der Waals surface area contributed by atoms with E-state index in [0.717, 1.165) is 16.8 Å². The van der Waals surface area contributed by atoms with E-state index in [2.05, 4.69) is 26.4 Å². The van der Waals surface area contributed by atoms with Crippen LogP contribution in [0.25, 0.3) is 0 Å². The third-order valence-corrected chi connectivity index (χ3v) is 8.02. The van der Waals surface area contributed by atoms with Crippen LogP contribution in [0.5, 0.6) is 0 Å². The molecule has 2 heterocycles. The van der Waals surface area contributed by atoms with Gasteiger partial charge in [0.15, 0.2) is 0 Å². The third-order valence-electron chi connectivity index (χ3n) is 6.42. The molecular weight excluding hydrogens is 518 g/mol. The lowest BCUT2D eigenvalue weighted by Gasteiger charge is -2.36. The largest absolute Gasteiger partial charge is 0.480 e. The van der Waals surface area contributed by atoms with Crippen molar-refractivity contribution in [3.05, 3.63) is 94.2 Å². The van der Waals surface area contributed by atoms with Gasteiger partial charge in [-0.2, -0.15) is 17.4 Å². The van der Waals surface area contributed by atoms with Gasteiger partial charge in [0.1, 0.15) is 6.04 Å². The van der Waals surface area contributed by atoms with Crippen LogP contribution in [0, 0.1) is 17.8 Å². The number of piperazine rings is 1. The number of nitrogens with zero attached hydrogens (tertiary/aromatic N) is 4. The molecule has 0 saturated carbocycles. The molecule has 1 aromatic heterocycles. The van der Waals surface area contributed by atoms with E-state index in [1.165, 1.54) is 15.1 Å². The summed E-state index contributed by atoms with van der Waals surface area (Å²) in [5.41, 5.74) is 3.02. The minimum atomic E-state index is -3.91. The summed E-state index contributed by atoms with van der Waals surface area (Å²) in [6, 6.07) is 16.1. The SMILES string of the molecule is CC(C)[C@@H](NS(=O)(=O)N1CCN(c2ccc(C#Cc3cnc(=O)n(Cc4ccccc4)c3)cc2)CC1)C(=O)O. The summed E-state index contributed by atoms with van der Waals surface area (Å²) in [5, 5.41) is 9.32. The molecule has 0 radical (unpaired) electrons. The Kier molecular flexibility index (Phi) is 8.81. The fourth-order valence-corrected chi connectivity index (χ4v) is 5.69. The van der Waals surface area contributed by atoms with Crippen LogP contribution in [0.15, 0.2) is 71.8 Å². The second-order valence-electron chi connectivity index (χ2n) is 9.60. The van der Waals surface area contributed by atoms with Gasteiger partial charge in [-0.05, 0) is 35.7 Å². The summed E-state index contributed by atoms with van der Waals surface area (Å²) in [7, 11) is -3.91. The first-order valence-corrected chi connectivity index (χ1v) is 14.0. The van der Waals surface area contributed by atoms with E-state index in [4.69, 9.17) is 0 Å². The molecule has 0 bridgehead atoms. The summed E-state index contributed by atoms with van der Waals surface area (Å²) in [6.07, 6.45) is 3.17. The summed E-state index contributed by atoms with van der Waals surface area (Å²) in [5.74, 6) is 4.59. The number of hydrogen-bond donors (Lipinski definition) is 2. The van der Waals surface area contributed by atoms with Crippen molar-refractivity contribution >= 4 is 21.9 Å². The number of nitrogens with one attached hydrogen (secondary N) is 1. The molecule has 10 nitrogen and oxygen atoms in total. The van der Waals surface area contributed by atoms with E-state index >= 15 is 0 Å². The first kappa shape index (κ1) is 28.0. The smallest absolute Gasteiger partial charge is 0.347 e. The number of hydrogen-bond acceptors (Lipinski definition) is 6. The number of carbonyl (C=O) groups is 1. The van der Waals surface area contributed by atoms with Crippen molar-refractivity contribution in [3.8, 4) is 11.8 Å². The Bertz CT molecular complexity index is 1520. The Balaban J connectivity index is 1.37. The van der Waals surface area contributed by atoms with Crippen LogP contribution in [0.2, 0.25) is 0 Å². The van der Waals surface area contributed by atoms with Crippen molar-refractivity contribution in [1.29, 1.82) is 0 Å². The van der Waals surface area contributed by atoms with Crippen LogP contribution in [0.1, 0.15) is 30.5 Å². The van der Waals surface area contributed by atoms with Gasteiger partial charge in [0, 0.05) is 49.8 Å². The van der Waals surface area contributed by atoms with E-state index in [1.54, 1.807) is 20.0 Å². The fourth-order valence-electron chi connectivity index (χ4n) is 4.21. The summed E-state index contributed by atoms with van der Waals surface area (Å²) in [4.78, 5) is 29.6. The van der Waals surface area contributed by atoms with Crippen molar-refractivity contribution in [2.45, 2.75) is 26.4 Å². The standard InChI is InChI=1S/C28H31N5O5S/c1-21(2)26(27(34)35)30-39(37,38)33-16-14-31(15-17-33)25-12-10-22(11-13-25)8-9-24-18-29-28(36)32(20-24)19-23-6-4-3-5-7-23/h3-7,10-13,18,20-21,26,30H,14-17,19H2,1-2H3,(H,34,35)/t26-/m1/s1. The first-order valence-electron chi connectivity index (χ1n) is 12.6. The number of carboxylic acids is 1. The molecule has 39 heavy (non-hydrogen) atoms. The molecule has 4 rings (SSSR count). The van der Waals surface area contributed by atoms with Gasteiger partial charge in [0.2, 0.25) is 0 Å². The number of carboxylic acid groups (broad SMARTS) is 1. The van der Waals surface area contributed by atoms with Crippen molar-refractivity contribution in [2.75, 3.05) is 31.1 Å². The molecule has 1 saturated heterocycles. The minimum absolute atomic E-state index is 0.243. The van der Waals surface area contributed by atoms with Gasteiger partial charge in [-0.3, -0.25) is 9.36 Å². The molecule has 2 aromatic carbocycles. The molecule has 1 fully saturated rings. The molecule has 1 atom stereocenters. The molecule has 2 N–H and O–H groups in total. The first-order chi connectivity index (χ1) is 18.6. The lowest BCUT2D eigenvalue weighted by Crippen LogP contribution is -2.55. The van der Waals surface area contributed by atoms with E-state index in [1.807, 2.05) is 54.6 Å². The lowest BCUT2D eigenvalue weighted by atomic mass is 10.1. The predicted octanol–water partition coefficient (Wildman–Crippen LogP) is 1.76. The number of aromatic nitrogens is 2. The highest BCUT2D eigenvalue weighted by Crippen LogP contribution is 2.19. The fraction of sp³-hybridized carbons (Fsp3) is 0.321. The summed E-state index contributed by atoms with van der Waals surface area (Å²) in [6.45, 7) is 5.17. The van der Waals surface area contributed by atoms with Crippen LogP contribution >= 0.6 is 0 Å². The zero-order chi connectivity index (χ0) is 28.0. The second-order valence-corrected chi connectivity index (χ2v) is 11.3. The Morgan fingerprint density at radius 3 is 2.26 bits per heavy atom. The molecule has 0 amide bonds. The van der Waals surface area contributed by atoms with Crippen molar-refractivity contribution in [2.24, 2.45) is 5.92 Å². The summed E-state index contributed by atoms with van der Waals surface area (Å²) >= 11 is 0. The highest BCUT2D eigenvalue weighted by Gasteiger charge is 2.32. The Morgan fingerprint density at radius 2 is 1.64 bits per heavy atom. The van der Waals surface area contributed by atoms with E-state index in [0.29, 0.717) is 25.2 Å². The molecule has 1 aliphatic rings. The highest BCUT2D eigenvalue weighted by atomic mass is 32.2. The van der Waals surface area contributed by atoms with Gasteiger partial charge in [-0.1, -0.05) is 56.0 Å². The number of anilines is 1. The maximum absolute atomic E-state index is 12.7. The molecule has 204 valence electrons. The Labute approximate surface area is 228 Å². The molecule has 11 heteroatoms. The van der Waals surface area contributed by atoms with E-state index in [9.17, 15) is 23.1 Å². The van der Waals surface area contributed by atoms with Crippen molar-refractivity contribution < 1.29 is 18.3 Å². The van der Waals surface area contributed by atoms with Gasteiger partial charge in [0.25, 0.3) is 10.2 Å². The quantitative estimate of drug-likeness (QED) is 0.410. The van der Waals surface area contributed by atoms with Crippen molar-refractivity contribution in [3.63, 3.8) is 0 Å². The van der Waals surface area contributed by atoms with Gasteiger partial charge in [-0.25, -0.2) is 9.78 Å². The maximum Gasteiger partial charge on any atom is 0.347 e. The zero-order valence-corrected chi connectivity index (χ0v) is 22.6. The molecule has 3 aromatic rings. The van der Waals surface area contributed by atoms with Crippen LogP contribution in [0.4, 0.5) is 5.69 Å². The van der Waals surface area contributed by atoms with E-state index in [-0.39, 0.29) is 24.7 Å². The van der Waals surface area contributed by atoms with Crippen LogP contribution in [0.3, 0.4) is 0 Å². The average Bonchev–Trinajstić information content (AvgIpc) is 2.93. The molecule has 0 aliphatic carbocycles. The monoisotopic (exact) mass is 549 g/mol. The Morgan fingerprint density at radius 1 is 1.00 bits per heavy atom. The molecule has 0 spiro atoms. The maximum atomic E-state index is 12.7. The zero-order valence-electron chi connectivity index (χ0n) is 21.8. The lowest BCUT2D eigenvalue weighted by molar-refractivity contribution is -0.140. The van der Waals surface area contributed by atoms with Crippen molar-refractivity contribution in [1.82, 2.24) is 18.6 Å². The van der Waals surface area contributed by atoms with Crippen LogP contribution < -0.4 is 15.3 Å². The predicted molar refractivity (Wildman–Crippen MR) is 149 cm³/mol. The molecule has 0 unspecified atom stereocenters. The third kappa shape index (κ3) is 7.32. The van der Waals surface area contributed by atoms with E-state index < -0.39 is 22.2 Å². The van der Waals surface area contributed by atoms with Gasteiger partial charge in [-0.15, -0.1) is 0 Å². The average molecular weight is 550 g/mol. The number of benzene rings is 2. The van der Waals surface area contributed by atoms with Gasteiger partial charge in [0.05, 0.1) is 12.1 Å². The van der Waals surface area contributed by atoms with Gasteiger partial charge < -0.3 is 10.0 Å². The summed E-state index contributed by atoms with van der Waals surface area (Å²) < 4.78 is 30.5. The minimum Gasteiger partial charge on any atom is -0.480 e. The Hall–Kier alpha value is -3.98. The van der Waals surface area contributed by atoms with Crippen LogP contribution in [-0.2, 0) is 21.5 Å². The van der Waals surface area contributed by atoms with Crippen LogP contribution in [-0.4, -0.2) is 65.6 Å². The molecular formula is C28H31N5O5S. The normalized spacial score (nSPS) is 15.0. The highest BCUT2D eigenvalue weighted by molar-refractivity contribution is 7.87. The molecule has 1 aliphatic heterocycles. The van der Waals surface area contributed by atoms with Gasteiger partial charge >= 0.3 is 11.7 Å². The number of aliphatic carboxylic acids is 1. The number of rotatable bonds is 8. The second kappa shape index (κ2) is 12.3. The topological polar surface area (TPSA) is 125 Å².